The monoisotopic (exact) mass is 304 g/mol. The SMILES string of the molecule is CC1(C)CCC(NC(=O)c2ccc3c(c2)NC(=O)CS3)C1. The molecule has 2 amide bonds. The predicted octanol–water partition coefficient (Wildman–Crippen LogP) is 3.04. The molecule has 1 atom stereocenters. The maximum absolute atomic E-state index is 12.3. The van der Waals surface area contributed by atoms with Crippen LogP contribution >= 0.6 is 11.8 Å². The second-order valence-corrected chi connectivity index (χ2v) is 7.64. The summed E-state index contributed by atoms with van der Waals surface area (Å²) in [6.45, 7) is 4.48. The molecule has 0 saturated heterocycles. The number of fused-ring (bicyclic) bond motifs is 1. The van der Waals surface area contributed by atoms with E-state index in [1.807, 2.05) is 12.1 Å². The van der Waals surface area contributed by atoms with Crippen LogP contribution in [0.4, 0.5) is 5.69 Å². The Balaban J connectivity index is 1.71. The van der Waals surface area contributed by atoms with Gasteiger partial charge in [-0.2, -0.15) is 0 Å². The van der Waals surface area contributed by atoms with E-state index < -0.39 is 0 Å². The van der Waals surface area contributed by atoms with Crippen molar-refractivity contribution >= 4 is 29.3 Å². The lowest BCUT2D eigenvalue weighted by Gasteiger charge is -2.19. The van der Waals surface area contributed by atoms with Crippen LogP contribution in [-0.4, -0.2) is 23.6 Å². The molecule has 4 nitrogen and oxygen atoms in total. The molecule has 1 fully saturated rings. The summed E-state index contributed by atoms with van der Waals surface area (Å²) in [6.07, 6.45) is 3.21. The normalized spacial score (nSPS) is 23.3. The lowest BCUT2D eigenvalue weighted by Crippen LogP contribution is -2.33. The van der Waals surface area contributed by atoms with E-state index in [0.29, 0.717) is 16.7 Å². The first-order valence-corrected chi connectivity index (χ1v) is 8.29. The molecule has 0 aromatic heterocycles. The Morgan fingerprint density at radius 1 is 1.43 bits per heavy atom. The van der Waals surface area contributed by atoms with Crippen molar-refractivity contribution in [1.82, 2.24) is 5.32 Å². The van der Waals surface area contributed by atoms with Crippen LogP contribution in [0.15, 0.2) is 23.1 Å². The number of rotatable bonds is 2. The highest BCUT2D eigenvalue weighted by molar-refractivity contribution is 8.00. The van der Waals surface area contributed by atoms with Gasteiger partial charge in [0.1, 0.15) is 0 Å². The predicted molar refractivity (Wildman–Crippen MR) is 84.7 cm³/mol. The zero-order valence-corrected chi connectivity index (χ0v) is 13.2. The van der Waals surface area contributed by atoms with Gasteiger partial charge in [0, 0.05) is 16.5 Å². The van der Waals surface area contributed by atoms with Crippen LogP contribution in [0, 0.1) is 5.41 Å². The minimum atomic E-state index is -0.0506. The Kier molecular flexibility index (Phi) is 3.69. The Hall–Kier alpha value is -1.49. The van der Waals surface area contributed by atoms with Gasteiger partial charge in [-0.05, 0) is 42.9 Å². The van der Waals surface area contributed by atoms with Crippen molar-refractivity contribution in [3.8, 4) is 0 Å². The van der Waals surface area contributed by atoms with E-state index in [1.54, 1.807) is 6.07 Å². The largest absolute Gasteiger partial charge is 0.349 e. The van der Waals surface area contributed by atoms with Crippen LogP contribution in [-0.2, 0) is 4.79 Å². The molecule has 1 aliphatic carbocycles. The Morgan fingerprint density at radius 3 is 2.95 bits per heavy atom. The molecule has 1 heterocycles. The van der Waals surface area contributed by atoms with E-state index in [1.165, 1.54) is 11.8 Å². The summed E-state index contributed by atoms with van der Waals surface area (Å²) in [7, 11) is 0. The number of nitrogens with one attached hydrogen (secondary N) is 2. The fourth-order valence-corrected chi connectivity index (χ4v) is 3.84. The van der Waals surface area contributed by atoms with Crippen molar-refractivity contribution in [2.75, 3.05) is 11.1 Å². The van der Waals surface area contributed by atoms with Crippen molar-refractivity contribution in [2.24, 2.45) is 5.41 Å². The third-order valence-corrected chi connectivity index (χ3v) is 5.25. The Labute approximate surface area is 129 Å². The van der Waals surface area contributed by atoms with Gasteiger partial charge in [-0.1, -0.05) is 13.8 Å². The van der Waals surface area contributed by atoms with E-state index in [9.17, 15) is 9.59 Å². The van der Waals surface area contributed by atoms with Crippen molar-refractivity contribution in [3.05, 3.63) is 23.8 Å². The second kappa shape index (κ2) is 5.37. The average molecular weight is 304 g/mol. The summed E-state index contributed by atoms with van der Waals surface area (Å²) in [4.78, 5) is 24.8. The van der Waals surface area contributed by atoms with E-state index in [0.717, 1.165) is 29.8 Å². The summed E-state index contributed by atoms with van der Waals surface area (Å²) >= 11 is 1.51. The second-order valence-electron chi connectivity index (χ2n) is 6.63. The average Bonchev–Trinajstić information content (AvgIpc) is 2.77. The van der Waals surface area contributed by atoms with Gasteiger partial charge in [0.2, 0.25) is 5.91 Å². The lowest BCUT2D eigenvalue weighted by molar-refractivity contribution is -0.113. The molecule has 1 unspecified atom stereocenters. The fourth-order valence-electron chi connectivity index (χ4n) is 3.05. The van der Waals surface area contributed by atoms with Crippen LogP contribution in [0.1, 0.15) is 43.5 Å². The number of anilines is 1. The van der Waals surface area contributed by atoms with Crippen LogP contribution in [0.2, 0.25) is 0 Å². The van der Waals surface area contributed by atoms with Gasteiger partial charge in [-0.15, -0.1) is 11.8 Å². The number of thioether (sulfide) groups is 1. The summed E-state index contributed by atoms with van der Waals surface area (Å²) in [6, 6.07) is 5.77. The summed E-state index contributed by atoms with van der Waals surface area (Å²) in [5.74, 6) is 0.378. The minimum absolute atomic E-state index is 0.0115. The third kappa shape index (κ3) is 3.23. The smallest absolute Gasteiger partial charge is 0.251 e. The lowest BCUT2D eigenvalue weighted by atomic mass is 9.92. The van der Waals surface area contributed by atoms with Gasteiger partial charge in [-0.3, -0.25) is 9.59 Å². The molecule has 0 bridgehead atoms. The van der Waals surface area contributed by atoms with Crippen molar-refractivity contribution in [1.29, 1.82) is 0 Å². The highest BCUT2D eigenvalue weighted by Crippen LogP contribution is 2.37. The van der Waals surface area contributed by atoms with Gasteiger partial charge in [0.05, 0.1) is 11.4 Å². The molecule has 2 N–H and O–H groups in total. The van der Waals surface area contributed by atoms with Crippen molar-refractivity contribution in [3.63, 3.8) is 0 Å². The van der Waals surface area contributed by atoms with Crippen molar-refractivity contribution < 1.29 is 9.59 Å². The van der Waals surface area contributed by atoms with Crippen LogP contribution in [0.5, 0.6) is 0 Å². The topological polar surface area (TPSA) is 58.2 Å². The summed E-state index contributed by atoms with van der Waals surface area (Å²) < 4.78 is 0. The zero-order valence-electron chi connectivity index (χ0n) is 12.4. The standard InChI is InChI=1S/C16H20N2O2S/c1-16(2)6-5-11(8-16)17-15(20)10-3-4-13-12(7-10)18-14(19)9-21-13/h3-4,7,11H,5-6,8-9H2,1-2H3,(H,17,20)(H,18,19). The molecule has 3 rings (SSSR count). The Morgan fingerprint density at radius 2 is 2.24 bits per heavy atom. The molecule has 2 aliphatic rings. The van der Waals surface area contributed by atoms with Gasteiger partial charge >= 0.3 is 0 Å². The molecule has 0 radical (unpaired) electrons. The number of amides is 2. The summed E-state index contributed by atoms with van der Waals surface area (Å²) in [5, 5.41) is 5.93. The molecule has 1 aromatic carbocycles. The van der Waals surface area contributed by atoms with Gasteiger partial charge in [-0.25, -0.2) is 0 Å². The Bertz CT molecular complexity index is 598. The first kappa shape index (κ1) is 14.4. The summed E-state index contributed by atoms with van der Waals surface area (Å²) in [5.41, 5.74) is 1.68. The zero-order chi connectivity index (χ0) is 15.0. The quantitative estimate of drug-likeness (QED) is 0.883. The molecular weight excluding hydrogens is 284 g/mol. The number of hydrogen-bond acceptors (Lipinski definition) is 3. The molecule has 1 aliphatic heterocycles. The number of hydrogen-bond donors (Lipinski definition) is 2. The molecular formula is C16H20N2O2S. The molecule has 1 aromatic rings. The van der Waals surface area contributed by atoms with E-state index in [-0.39, 0.29) is 17.9 Å². The van der Waals surface area contributed by atoms with E-state index >= 15 is 0 Å². The highest BCUT2D eigenvalue weighted by Gasteiger charge is 2.31. The molecule has 1 saturated carbocycles. The number of carbonyl (C=O) groups excluding carboxylic acids is 2. The van der Waals surface area contributed by atoms with Gasteiger partial charge < -0.3 is 10.6 Å². The first-order valence-electron chi connectivity index (χ1n) is 7.30. The first-order chi connectivity index (χ1) is 9.93. The maximum Gasteiger partial charge on any atom is 0.251 e. The van der Waals surface area contributed by atoms with Gasteiger partial charge in [0.15, 0.2) is 0 Å². The molecule has 112 valence electrons. The minimum Gasteiger partial charge on any atom is -0.349 e. The molecule has 0 spiro atoms. The van der Waals surface area contributed by atoms with Crippen LogP contribution in [0.25, 0.3) is 0 Å². The van der Waals surface area contributed by atoms with Crippen LogP contribution in [0.3, 0.4) is 0 Å². The molecule has 5 heteroatoms. The molecule has 21 heavy (non-hydrogen) atoms. The van der Waals surface area contributed by atoms with Gasteiger partial charge in [0.25, 0.3) is 5.91 Å². The van der Waals surface area contributed by atoms with E-state index in [4.69, 9.17) is 0 Å². The number of benzene rings is 1. The fraction of sp³-hybridized carbons (Fsp3) is 0.500. The van der Waals surface area contributed by atoms with Crippen molar-refractivity contribution in [2.45, 2.75) is 44.0 Å². The number of carbonyl (C=O) groups is 2. The van der Waals surface area contributed by atoms with E-state index in [2.05, 4.69) is 24.5 Å². The highest BCUT2D eigenvalue weighted by atomic mass is 32.2. The maximum atomic E-state index is 12.3. The van der Waals surface area contributed by atoms with Crippen LogP contribution < -0.4 is 10.6 Å². The third-order valence-electron chi connectivity index (χ3n) is 4.18.